The number of aryl methyl sites for hydroxylation is 1. The fourth-order valence-electron chi connectivity index (χ4n) is 2.21. The van der Waals surface area contributed by atoms with Gasteiger partial charge in [0.05, 0.1) is 5.52 Å². The third-order valence-electron chi connectivity index (χ3n) is 3.23. The highest BCUT2D eigenvalue weighted by atomic mass is 19.1. The van der Waals surface area contributed by atoms with E-state index in [0.717, 1.165) is 27.6 Å². The number of benzene rings is 2. The van der Waals surface area contributed by atoms with Crippen LogP contribution in [-0.4, -0.2) is 4.98 Å². The zero-order valence-electron chi connectivity index (χ0n) is 10.9. The Kier molecular flexibility index (Phi) is 2.92. The Hall–Kier alpha value is -2.73. The van der Waals surface area contributed by atoms with Crippen molar-refractivity contribution in [2.75, 3.05) is 0 Å². The highest BCUT2D eigenvalue weighted by molar-refractivity contribution is 5.86. The fraction of sp³-hybridized carbons (Fsp3) is 0.0588. The van der Waals surface area contributed by atoms with E-state index < -0.39 is 0 Å². The normalized spacial score (nSPS) is 10.4. The third kappa shape index (κ3) is 2.12. The number of nitrogens with zero attached hydrogens (tertiary/aromatic N) is 2. The molecule has 3 rings (SSSR count). The summed E-state index contributed by atoms with van der Waals surface area (Å²) in [7, 11) is 0. The first-order chi connectivity index (χ1) is 9.67. The minimum absolute atomic E-state index is 0.295. The molecule has 96 valence electrons. The van der Waals surface area contributed by atoms with Crippen LogP contribution < -0.4 is 0 Å². The van der Waals surface area contributed by atoms with Gasteiger partial charge in [-0.25, -0.2) is 9.37 Å². The zero-order valence-corrected chi connectivity index (χ0v) is 10.9. The van der Waals surface area contributed by atoms with Gasteiger partial charge in [-0.3, -0.25) is 0 Å². The molecule has 0 spiro atoms. The van der Waals surface area contributed by atoms with Crippen LogP contribution in [0, 0.1) is 24.1 Å². The van der Waals surface area contributed by atoms with Crippen molar-refractivity contribution >= 4 is 10.9 Å². The Labute approximate surface area is 116 Å². The second-order valence-corrected chi connectivity index (χ2v) is 4.70. The van der Waals surface area contributed by atoms with E-state index in [1.54, 1.807) is 12.1 Å². The molecule has 20 heavy (non-hydrogen) atoms. The number of fused-ring (bicyclic) bond motifs is 1. The predicted octanol–water partition coefficient (Wildman–Crippen LogP) is 4.22. The summed E-state index contributed by atoms with van der Waals surface area (Å²) in [4.78, 5) is 4.40. The van der Waals surface area contributed by atoms with Crippen molar-refractivity contribution in [1.82, 2.24) is 4.98 Å². The van der Waals surface area contributed by atoms with E-state index in [9.17, 15) is 9.65 Å². The average molecular weight is 262 g/mol. The number of hydrogen-bond acceptors (Lipinski definition) is 2. The molecule has 0 aliphatic heterocycles. The molecule has 0 aliphatic rings. The molecule has 0 radical (unpaired) electrons. The molecule has 3 heteroatoms. The maximum absolute atomic E-state index is 13.0. The van der Waals surface area contributed by atoms with Gasteiger partial charge >= 0.3 is 0 Å². The van der Waals surface area contributed by atoms with Gasteiger partial charge < -0.3 is 0 Å². The van der Waals surface area contributed by atoms with Gasteiger partial charge in [0.2, 0.25) is 0 Å². The molecule has 0 unspecified atom stereocenters. The molecule has 0 amide bonds. The van der Waals surface area contributed by atoms with Gasteiger partial charge in [-0.1, -0.05) is 24.3 Å². The van der Waals surface area contributed by atoms with Crippen LogP contribution in [0.2, 0.25) is 0 Å². The van der Waals surface area contributed by atoms with Crippen molar-refractivity contribution in [3.63, 3.8) is 0 Å². The van der Waals surface area contributed by atoms with Gasteiger partial charge in [-0.2, -0.15) is 5.26 Å². The molecule has 3 aromatic rings. The van der Waals surface area contributed by atoms with E-state index in [-0.39, 0.29) is 5.82 Å². The van der Waals surface area contributed by atoms with Crippen LogP contribution in [-0.2, 0) is 0 Å². The Balaban J connectivity index is 2.27. The summed E-state index contributed by atoms with van der Waals surface area (Å²) in [6, 6.07) is 16.1. The van der Waals surface area contributed by atoms with Crippen LogP contribution in [0.3, 0.4) is 0 Å². The maximum Gasteiger partial charge on any atom is 0.149 e. The van der Waals surface area contributed by atoms with E-state index in [2.05, 4.69) is 11.1 Å². The number of pyridine rings is 1. The van der Waals surface area contributed by atoms with Crippen molar-refractivity contribution in [3.8, 4) is 17.2 Å². The lowest BCUT2D eigenvalue weighted by molar-refractivity contribution is 0.628. The van der Waals surface area contributed by atoms with E-state index in [0.29, 0.717) is 5.69 Å². The molecular formula is C17H11FN2. The minimum atomic E-state index is -0.295. The Morgan fingerprint density at radius 3 is 2.50 bits per heavy atom. The van der Waals surface area contributed by atoms with Crippen molar-refractivity contribution in [2.24, 2.45) is 0 Å². The third-order valence-corrected chi connectivity index (χ3v) is 3.23. The molecule has 0 aliphatic carbocycles. The van der Waals surface area contributed by atoms with Gasteiger partial charge in [-0.15, -0.1) is 0 Å². The minimum Gasteiger partial charge on any atom is -0.236 e. The van der Waals surface area contributed by atoms with Crippen molar-refractivity contribution in [1.29, 1.82) is 5.26 Å². The lowest BCUT2D eigenvalue weighted by atomic mass is 10.0. The number of nitriles is 1. The van der Waals surface area contributed by atoms with Gasteiger partial charge in [0.25, 0.3) is 0 Å². The van der Waals surface area contributed by atoms with Crippen LogP contribution in [0.25, 0.3) is 22.0 Å². The van der Waals surface area contributed by atoms with Crippen molar-refractivity contribution in [3.05, 3.63) is 65.6 Å². The predicted molar refractivity (Wildman–Crippen MR) is 76.6 cm³/mol. The molecule has 2 aromatic carbocycles. The van der Waals surface area contributed by atoms with Gasteiger partial charge in [0.1, 0.15) is 17.6 Å². The topological polar surface area (TPSA) is 36.7 Å². The smallest absolute Gasteiger partial charge is 0.149 e. The Morgan fingerprint density at radius 2 is 1.80 bits per heavy atom. The van der Waals surface area contributed by atoms with Crippen LogP contribution >= 0.6 is 0 Å². The molecule has 1 aromatic heterocycles. The zero-order chi connectivity index (χ0) is 14.1. The molecule has 0 fully saturated rings. The van der Waals surface area contributed by atoms with Crippen LogP contribution in [0.1, 0.15) is 11.3 Å². The second kappa shape index (κ2) is 4.75. The van der Waals surface area contributed by atoms with E-state index in [1.165, 1.54) is 12.1 Å². The molecule has 0 atom stereocenters. The number of aromatic nitrogens is 1. The van der Waals surface area contributed by atoms with Crippen LogP contribution in [0.15, 0.2) is 48.5 Å². The summed E-state index contributed by atoms with van der Waals surface area (Å²) in [5.74, 6) is -0.295. The summed E-state index contributed by atoms with van der Waals surface area (Å²) in [6.45, 7) is 1.99. The summed E-state index contributed by atoms with van der Waals surface area (Å²) in [6.07, 6.45) is 0. The number of rotatable bonds is 1. The molecule has 1 heterocycles. The highest BCUT2D eigenvalue weighted by Gasteiger charge is 2.09. The van der Waals surface area contributed by atoms with Crippen LogP contribution in [0.4, 0.5) is 4.39 Å². The van der Waals surface area contributed by atoms with E-state index in [1.807, 2.05) is 31.2 Å². The first-order valence-corrected chi connectivity index (χ1v) is 6.25. The molecule has 0 bridgehead atoms. The Bertz CT molecular complexity index is 830. The standard InChI is InChI=1S/C17H11FN2/c1-11-2-3-13-9-15(12-4-6-14(18)7-5-12)17(10-19)20-16(13)8-11/h2-9H,1H3. The lowest BCUT2D eigenvalue weighted by Gasteiger charge is -2.07. The summed E-state index contributed by atoms with van der Waals surface area (Å²) >= 11 is 0. The highest BCUT2D eigenvalue weighted by Crippen LogP contribution is 2.27. The largest absolute Gasteiger partial charge is 0.236 e. The quantitative estimate of drug-likeness (QED) is 0.658. The number of hydrogen-bond donors (Lipinski definition) is 0. The van der Waals surface area contributed by atoms with Crippen molar-refractivity contribution in [2.45, 2.75) is 6.92 Å². The molecule has 2 nitrogen and oxygen atoms in total. The summed E-state index contributed by atoms with van der Waals surface area (Å²) < 4.78 is 13.0. The monoisotopic (exact) mass is 262 g/mol. The molecule has 0 N–H and O–H groups in total. The molecule has 0 saturated heterocycles. The second-order valence-electron chi connectivity index (χ2n) is 4.70. The fourth-order valence-corrected chi connectivity index (χ4v) is 2.21. The first kappa shape index (κ1) is 12.3. The average Bonchev–Trinajstić information content (AvgIpc) is 2.46. The van der Waals surface area contributed by atoms with Crippen molar-refractivity contribution < 1.29 is 4.39 Å². The molecule has 0 saturated carbocycles. The van der Waals surface area contributed by atoms with Gasteiger partial charge in [0, 0.05) is 10.9 Å². The van der Waals surface area contributed by atoms with Gasteiger partial charge in [-0.05, 0) is 42.3 Å². The number of halogens is 1. The lowest BCUT2D eigenvalue weighted by Crippen LogP contribution is -1.91. The Morgan fingerprint density at radius 1 is 1.05 bits per heavy atom. The first-order valence-electron chi connectivity index (χ1n) is 6.25. The SMILES string of the molecule is Cc1ccc2cc(-c3ccc(F)cc3)c(C#N)nc2c1. The molecular weight excluding hydrogens is 251 g/mol. The summed E-state index contributed by atoms with van der Waals surface area (Å²) in [5.41, 5.74) is 3.77. The van der Waals surface area contributed by atoms with Gasteiger partial charge in [0.15, 0.2) is 0 Å². The van der Waals surface area contributed by atoms with Crippen LogP contribution in [0.5, 0.6) is 0 Å². The van der Waals surface area contributed by atoms with E-state index >= 15 is 0 Å². The van der Waals surface area contributed by atoms with E-state index in [4.69, 9.17) is 0 Å². The maximum atomic E-state index is 13.0. The summed E-state index contributed by atoms with van der Waals surface area (Å²) in [5, 5.41) is 10.2.